The molecular weight excluding hydrogens is 232 g/mol. The molecule has 2 aliphatic heterocycles. The third kappa shape index (κ3) is 7.31. The van der Waals surface area contributed by atoms with Gasteiger partial charge in [-0.2, -0.15) is 0 Å². The Bertz CT molecular complexity index is 214. The van der Waals surface area contributed by atoms with Crippen LogP contribution in [0.1, 0.15) is 39.0 Å². The summed E-state index contributed by atoms with van der Waals surface area (Å²) in [6, 6.07) is 0. The van der Waals surface area contributed by atoms with Crippen molar-refractivity contribution >= 4 is 0 Å². The topological polar surface area (TPSA) is 43.5 Å². The van der Waals surface area contributed by atoms with Gasteiger partial charge in [0.05, 0.1) is 32.5 Å². The molecule has 0 saturated carbocycles. The Balaban J connectivity index is 1.27. The van der Waals surface area contributed by atoms with Crippen molar-refractivity contribution in [1.82, 2.24) is 0 Å². The van der Waals surface area contributed by atoms with Crippen LogP contribution in [0.15, 0.2) is 0 Å². The highest BCUT2D eigenvalue weighted by molar-refractivity contribution is 4.68. The van der Waals surface area contributed by atoms with Crippen molar-refractivity contribution in [3.8, 4) is 0 Å². The van der Waals surface area contributed by atoms with Gasteiger partial charge in [-0.1, -0.05) is 19.3 Å². The maximum absolute atomic E-state index is 5.68. The fraction of sp³-hybridized carbons (Fsp3) is 1.00. The number of rotatable bonds is 12. The zero-order chi connectivity index (χ0) is 12.6. The second-order valence-electron chi connectivity index (χ2n) is 5.33. The van der Waals surface area contributed by atoms with E-state index in [4.69, 9.17) is 18.9 Å². The molecule has 0 N–H and O–H groups in total. The average molecular weight is 258 g/mol. The lowest BCUT2D eigenvalue weighted by Gasteiger charge is -2.11. The van der Waals surface area contributed by atoms with Crippen molar-refractivity contribution in [3.63, 3.8) is 0 Å². The van der Waals surface area contributed by atoms with E-state index >= 15 is 0 Å². The molecule has 0 radical (unpaired) electrons. The first-order valence-electron chi connectivity index (χ1n) is 7.27. The lowest BCUT2D eigenvalue weighted by atomic mass is 10.1. The first-order chi connectivity index (χ1) is 8.84. The molecule has 2 fully saturated rings. The molecule has 0 bridgehead atoms. The van der Waals surface area contributed by atoms with Crippen LogP contribution in [0.4, 0.5) is 0 Å². The standard InChI is InChI=1S/C14H26O4/c1-12(16-9-14-11-18-14)6-4-2-3-5-7-15-8-13-10-17-13/h12-14H,2-11H2,1H3. The highest BCUT2D eigenvalue weighted by Crippen LogP contribution is 2.13. The summed E-state index contributed by atoms with van der Waals surface area (Å²) in [6.45, 7) is 6.38. The number of unbranched alkanes of at least 4 members (excludes halogenated alkanes) is 3. The molecule has 4 heteroatoms. The Labute approximate surface area is 110 Å². The monoisotopic (exact) mass is 258 g/mol. The van der Waals surface area contributed by atoms with Crippen LogP contribution in [0.5, 0.6) is 0 Å². The molecule has 2 aliphatic rings. The number of ether oxygens (including phenoxy) is 4. The fourth-order valence-corrected chi connectivity index (χ4v) is 1.89. The molecule has 4 nitrogen and oxygen atoms in total. The first-order valence-corrected chi connectivity index (χ1v) is 7.27. The molecule has 0 aromatic heterocycles. The Hall–Kier alpha value is -0.160. The van der Waals surface area contributed by atoms with Gasteiger partial charge in [-0.15, -0.1) is 0 Å². The molecule has 0 amide bonds. The molecule has 0 aromatic rings. The van der Waals surface area contributed by atoms with Gasteiger partial charge < -0.3 is 18.9 Å². The summed E-state index contributed by atoms with van der Waals surface area (Å²) in [5.41, 5.74) is 0. The van der Waals surface area contributed by atoms with E-state index in [1.54, 1.807) is 0 Å². The number of hydrogen-bond donors (Lipinski definition) is 0. The molecule has 0 aromatic carbocycles. The number of hydrogen-bond acceptors (Lipinski definition) is 4. The molecule has 3 atom stereocenters. The fourth-order valence-electron chi connectivity index (χ4n) is 1.89. The van der Waals surface area contributed by atoms with Gasteiger partial charge in [-0.3, -0.25) is 0 Å². The zero-order valence-corrected chi connectivity index (χ0v) is 11.4. The highest BCUT2D eigenvalue weighted by Gasteiger charge is 2.23. The van der Waals surface area contributed by atoms with Crippen LogP contribution in [0.25, 0.3) is 0 Å². The molecular formula is C14H26O4. The summed E-state index contributed by atoms with van der Waals surface area (Å²) in [4.78, 5) is 0. The third-order valence-corrected chi connectivity index (χ3v) is 3.32. The number of epoxide rings is 2. The molecule has 2 saturated heterocycles. The van der Waals surface area contributed by atoms with E-state index in [1.165, 1.54) is 19.3 Å². The Morgan fingerprint density at radius 2 is 1.67 bits per heavy atom. The lowest BCUT2D eigenvalue weighted by molar-refractivity contribution is 0.0474. The molecule has 3 unspecified atom stereocenters. The van der Waals surface area contributed by atoms with Crippen LogP contribution in [0.2, 0.25) is 0 Å². The van der Waals surface area contributed by atoms with Crippen molar-refractivity contribution < 1.29 is 18.9 Å². The predicted octanol–water partition coefficient (Wildman–Crippen LogP) is 2.16. The summed E-state index contributed by atoms with van der Waals surface area (Å²) in [5, 5.41) is 0. The minimum Gasteiger partial charge on any atom is -0.379 e. The van der Waals surface area contributed by atoms with E-state index in [2.05, 4.69) is 6.92 Å². The largest absolute Gasteiger partial charge is 0.379 e. The van der Waals surface area contributed by atoms with E-state index in [-0.39, 0.29) is 0 Å². The molecule has 2 rings (SSSR count). The first kappa shape index (κ1) is 14.3. The zero-order valence-electron chi connectivity index (χ0n) is 11.4. The predicted molar refractivity (Wildman–Crippen MR) is 68.8 cm³/mol. The quantitative estimate of drug-likeness (QED) is 0.397. The van der Waals surface area contributed by atoms with Crippen LogP contribution in [-0.4, -0.2) is 51.3 Å². The van der Waals surface area contributed by atoms with E-state index < -0.39 is 0 Å². The lowest BCUT2D eigenvalue weighted by Crippen LogP contribution is -2.12. The van der Waals surface area contributed by atoms with Crippen molar-refractivity contribution in [3.05, 3.63) is 0 Å². The summed E-state index contributed by atoms with van der Waals surface area (Å²) >= 11 is 0. The van der Waals surface area contributed by atoms with Crippen molar-refractivity contribution in [2.75, 3.05) is 33.0 Å². The van der Waals surface area contributed by atoms with E-state index in [0.717, 1.165) is 45.9 Å². The van der Waals surface area contributed by atoms with Crippen LogP contribution >= 0.6 is 0 Å². The highest BCUT2D eigenvalue weighted by atomic mass is 16.6. The molecule has 0 aliphatic carbocycles. The molecule has 0 spiro atoms. The maximum Gasteiger partial charge on any atom is 0.104 e. The van der Waals surface area contributed by atoms with Crippen molar-refractivity contribution in [2.45, 2.75) is 57.3 Å². The third-order valence-electron chi connectivity index (χ3n) is 3.32. The van der Waals surface area contributed by atoms with E-state index in [1.807, 2.05) is 0 Å². The van der Waals surface area contributed by atoms with E-state index in [0.29, 0.717) is 18.3 Å². The second-order valence-corrected chi connectivity index (χ2v) is 5.33. The van der Waals surface area contributed by atoms with Gasteiger partial charge >= 0.3 is 0 Å². The van der Waals surface area contributed by atoms with Crippen LogP contribution in [0, 0.1) is 0 Å². The molecule has 18 heavy (non-hydrogen) atoms. The van der Waals surface area contributed by atoms with E-state index in [9.17, 15) is 0 Å². The van der Waals surface area contributed by atoms with Crippen LogP contribution < -0.4 is 0 Å². The molecule has 2 heterocycles. The molecule has 106 valence electrons. The summed E-state index contributed by atoms with van der Waals surface area (Å²) in [7, 11) is 0. The van der Waals surface area contributed by atoms with Gasteiger partial charge in [0.2, 0.25) is 0 Å². The van der Waals surface area contributed by atoms with Gasteiger partial charge in [0.15, 0.2) is 0 Å². The average Bonchev–Trinajstić information content (AvgIpc) is 3.24. The SMILES string of the molecule is CC(CCCCCCOCC1CO1)OCC1CO1. The Kier molecular flexibility index (Phi) is 6.41. The summed E-state index contributed by atoms with van der Waals surface area (Å²) in [6.07, 6.45) is 7.26. The van der Waals surface area contributed by atoms with Gasteiger partial charge in [0, 0.05) is 6.61 Å². The van der Waals surface area contributed by atoms with Crippen molar-refractivity contribution in [2.24, 2.45) is 0 Å². The van der Waals surface area contributed by atoms with Crippen molar-refractivity contribution in [1.29, 1.82) is 0 Å². The minimum absolute atomic E-state index is 0.373. The van der Waals surface area contributed by atoms with Gasteiger partial charge in [-0.25, -0.2) is 0 Å². The van der Waals surface area contributed by atoms with Crippen LogP contribution in [-0.2, 0) is 18.9 Å². The Morgan fingerprint density at radius 3 is 2.39 bits per heavy atom. The summed E-state index contributed by atoms with van der Waals surface area (Å²) < 4.78 is 21.4. The summed E-state index contributed by atoms with van der Waals surface area (Å²) in [5.74, 6) is 0. The van der Waals surface area contributed by atoms with Gasteiger partial charge in [-0.05, 0) is 19.8 Å². The van der Waals surface area contributed by atoms with Gasteiger partial charge in [0.25, 0.3) is 0 Å². The maximum atomic E-state index is 5.68. The minimum atomic E-state index is 0.373. The van der Waals surface area contributed by atoms with Gasteiger partial charge in [0.1, 0.15) is 12.2 Å². The normalized spacial score (nSPS) is 27.2. The van der Waals surface area contributed by atoms with Crippen LogP contribution in [0.3, 0.4) is 0 Å². The Morgan fingerprint density at radius 1 is 1.00 bits per heavy atom. The second kappa shape index (κ2) is 8.10. The smallest absolute Gasteiger partial charge is 0.104 e.